The highest BCUT2D eigenvalue weighted by Gasteiger charge is 2.15. The second-order valence-electron chi connectivity index (χ2n) is 5.57. The van der Waals surface area contributed by atoms with E-state index in [1.54, 1.807) is 0 Å². The van der Waals surface area contributed by atoms with E-state index in [1.165, 1.54) is 16.7 Å². The zero-order chi connectivity index (χ0) is 15.5. The fraction of sp³-hybridized carbons (Fsp3) is 0.0476. The molecule has 0 saturated carbocycles. The van der Waals surface area contributed by atoms with Crippen LogP contribution in [0.3, 0.4) is 0 Å². The number of azo groups is 1. The van der Waals surface area contributed by atoms with Gasteiger partial charge in [0, 0.05) is 5.56 Å². The smallest absolute Gasteiger partial charge is 0.117 e. The van der Waals surface area contributed by atoms with Gasteiger partial charge in [0.2, 0.25) is 0 Å². The summed E-state index contributed by atoms with van der Waals surface area (Å²) in [4.78, 5) is 0. The van der Waals surface area contributed by atoms with Crippen LogP contribution in [0.4, 0.5) is 0 Å². The highest BCUT2D eigenvalue weighted by atomic mass is 15.2. The van der Waals surface area contributed by atoms with Crippen molar-refractivity contribution in [2.24, 2.45) is 10.2 Å². The molecule has 0 radical (unpaired) electrons. The minimum Gasteiger partial charge on any atom is -0.176 e. The lowest BCUT2D eigenvalue weighted by Crippen LogP contribution is -1.88. The van der Waals surface area contributed by atoms with Gasteiger partial charge in [-0.1, -0.05) is 84.9 Å². The third-order valence-corrected chi connectivity index (χ3v) is 4.03. The number of hydrogen-bond acceptors (Lipinski definition) is 2. The lowest BCUT2D eigenvalue weighted by molar-refractivity contribution is 0.881. The van der Waals surface area contributed by atoms with Gasteiger partial charge in [0.1, 0.15) is 6.04 Å². The van der Waals surface area contributed by atoms with Crippen molar-refractivity contribution < 1.29 is 0 Å². The summed E-state index contributed by atoms with van der Waals surface area (Å²) in [6.07, 6.45) is 2.12. The molecular weight excluding hydrogens is 280 g/mol. The minimum atomic E-state index is 0.00929. The van der Waals surface area contributed by atoms with Crippen LogP contribution in [0.5, 0.6) is 0 Å². The molecule has 0 bridgehead atoms. The average molecular weight is 296 g/mol. The SMILES string of the molecule is C1=C(c2ccccc2)N=NC1c1ccc(-c2ccccc2)cc1. The molecule has 110 valence electrons. The van der Waals surface area contributed by atoms with Crippen molar-refractivity contribution in [1.82, 2.24) is 0 Å². The zero-order valence-corrected chi connectivity index (χ0v) is 12.6. The van der Waals surface area contributed by atoms with Crippen LogP contribution in [0, 0.1) is 0 Å². The van der Waals surface area contributed by atoms with Crippen LogP contribution >= 0.6 is 0 Å². The van der Waals surface area contributed by atoms with E-state index in [0.29, 0.717) is 0 Å². The highest BCUT2D eigenvalue weighted by molar-refractivity contribution is 5.67. The molecule has 2 heteroatoms. The molecule has 23 heavy (non-hydrogen) atoms. The Morgan fingerprint density at radius 3 is 1.78 bits per heavy atom. The summed E-state index contributed by atoms with van der Waals surface area (Å²) >= 11 is 0. The average Bonchev–Trinajstić information content (AvgIpc) is 3.14. The molecule has 3 aromatic rings. The van der Waals surface area contributed by atoms with E-state index < -0.39 is 0 Å². The van der Waals surface area contributed by atoms with Crippen LogP contribution in [-0.2, 0) is 0 Å². The first kappa shape index (κ1) is 13.6. The lowest BCUT2D eigenvalue weighted by atomic mass is 10.0. The van der Waals surface area contributed by atoms with Gasteiger partial charge in [0.25, 0.3) is 0 Å². The van der Waals surface area contributed by atoms with Crippen molar-refractivity contribution in [3.63, 3.8) is 0 Å². The van der Waals surface area contributed by atoms with Gasteiger partial charge in [-0.15, -0.1) is 0 Å². The molecule has 4 rings (SSSR count). The summed E-state index contributed by atoms with van der Waals surface area (Å²) in [6.45, 7) is 0. The quantitative estimate of drug-likeness (QED) is 0.574. The third-order valence-electron chi connectivity index (χ3n) is 4.03. The maximum atomic E-state index is 4.40. The zero-order valence-electron chi connectivity index (χ0n) is 12.6. The second-order valence-corrected chi connectivity index (χ2v) is 5.57. The molecule has 1 heterocycles. The summed E-state index contributed by atoms with van der Waals surface area (Å²) in [5.74, 6) is 0. The Morgan fingerprint density at radius 2 is 1.13 bits per heavy atom. The van der Waals surface area contributed by atoms with E-state index in [-0.39, 0.29) is 6.04 Å². The first-order valence-corrected chi connectivity index (χ1v) is 7.74. The Kier molecular flexibility index (Phi) is 3.57. The fourth-order valence-corrected chi connectivity index (χ4v) is 2.77. The summed E-state index contributed by atoms with van der Waals surface area (Å²) in [7, 11) is 0. The van der Waals surface area contributed by atoms with Crippen LogP contribution < -0.4 is 0 Å². The van der Waals surface area contributed by atoms with Crippen LogP contribution in [-0.4, -0.2) is 0 Å². The van der Waals surface area contributed by atoms with Crippen molar-refractivity contribution in [2.45, 2.75) is 6.04 Å². The normalized spacial score (nSPS) is 16.3. The number of rotatable bonds is 3. The predicted octanol–water partition coefficient (Wildman–Crippen LogP) is 5.90. The third kappa shape index (κ3) is 2.84. The lowest BCUT2D eigenvalue weighted by Gasteiger charge is -2.06. The monoisotopic (exact) mass is 296 g/mol. The van der Waals surface area contributed by atoms with Crippen molar-refractivity contribution in [1.29, 1.82) is 0 Å². The number of nitrogens with zero attached hydrogens (tertiary/aromatic N) is 2. The molecule has 1 atom stereocenters. The van der Waals surface area contributed by atoms with E-state index in [0.717, 1.165) is 11.3 Å². The van der Waals surface area contributed by atoms with Crippen molar-refractivity contribution in [2.75, 3.05) is 0 Å². The Hall–Kier alpha value is -3.00. The molecule has 2 nitrogen and oxygen atoms in total. The Bertz CT molecular complexity index is 847. The van der Waals surface area contributed by atoms with Gasteiger partial charge < -0.3 is 0 Å². The first-order chi connectivity index (χ1) is 11.4. The molecular formula is C21H16N2. The standard InChI is InChI=1S/C21H16N2/c1-3-7-16(8-4-1)17-11-13-19(14-12-17)21-15-20(22-23-21)18-9-5-2-6-10-18/h1-15,21H. The van der Waals surface area contributed by atoms with Crippen molar-refractivity contribution in [3.8, 4) is 11.1 Å². The topological polar surface area (TPSA) is 24.7 Å². The van der Waals surface area contributed by atoms with Crippen molar-refractivity contribution in [3.05, 3.63) is 102 Å². The molecule has 0 amide bonds. The van der Waals surface area contributed by atoms with Crippen LogP contribution in [0.25, 0.3) is 16.8 Å². The van der Waals surface area contributed by atoms with E-state index in [2.05, 4.69) is 77.0 Å². The van der Waals surface area contributed by atoms with E-state index in [4.69, 9.17) is 0 Å². The maximum absolute atomic E-state index is 4.40. The van der Waals surface area contributed by atoms with Crippen LogP contribution in [0.15, 0.2) is 101 Å². The molecule has 3 aromatic carbocycles. The molecule has 1 aliphatic heterocycles. The Balaban J connectivity index is 1.58. The highest BCUT2D eigenvalue weighted by Crippen LogP contribution is 2.33. The maximum Gasteiger partial charge on any atom is 0.117 e. The first-order valence-electron chi connectivity index (χ1n) is 7.74. The number of hydrogen-bond donors (Lipinski definition) is 0. The summed E-state index contributed by atoms with van der Waals surface area (Å²) < 4.78 is 0. The van der Waals surface area contributed by atoms with Crippen LogP contribution in [0.2, 0.25) is 0 Å². The molecule has 0 N–H and O–H groups in total. The van der Waals surface area contributed by atoms with Gasteiger partial charge in [0.05, 0.1) is 5.70 Å². The van der Waals surface area contributed by atoms with Gasteiger partial charge in [-0.2, -0.15) is 10.2 Å². The van der Waals surface area contributed by atoms with Crippen molar-refractivity contribution >= 4 is 5.70 Å². The molecule has 0 aliphatic carbocycles. The van der Waals surface area contributed by atoms with Gasteiger partial charge >= 0.3 is 0 Å². The molecule has 1 aliphatic rings. The summed E-state index contributed by atoms with van der Waals surface area (Å²) in [5.41, 5.74) is 5.67. The molecule has 0 saturated heterocycles. The predicted molar refractivity (Wildman–Crippen MR) is 93.9 cm³/mol. The largest absolute Gasteiger partial charge is 0.176 e. The molecule has 1 unspecified atom stereocenters. The molecule has 0 spiro atoms. The molecule has 0 aromatic heterocycles. The Labute approximate surface area is 135 Å². The Morgan fingerprint density at radius 1 is 0.565 bits per heavy atom. The summed E-state index contributed by atoms with van der Waals surface area (Å²) in [5, 5.41) is 8.73. The van der Waals surface area contributed by atoms with Crippen LogP contribution in [0.1, 0.15) is 17.2 Å². The number of benzene rings is 3. The van der Waals surface area contributed by atoms with Gasteiger partial charge in [-0.25, -0.2) is 0 Å². The van der Waals surface area contributed by atoms with E-state index in [9.17, 15) is 0 Å². The second kappa shape index (κ2) is 6.01. The fourth-order valence-electron chi connectivity index (χ4n) is 2.77. The molecule has 0 fully saturated rings. The van der Waals surface area contributed by atoms with Gasteiger partial charge in [0.15, 0.2) is 0 Å². The minimum absolute atomic E-state index is 0.00929. The van der Waals surface area contributed by atoms with Gasteiger partial charge in [-0.05, 0) is 22.8 Å². The van der Waals surface area contributed by atoms with Gasteiger partial charge in [-0.3, -0.25) is 0 Å². The van der Waals surface area contributed by atoms with E-state index >= 15 is 0 Å². The van der Waals surface area contributed by atoms with E-state index in [1.807, 2.05) is 24.3 Å². The summed E-state index contributed by atoms with van der Waals surface area (Å²) in [6, 6.07) is 29.1.